The number of rotatable bonds is 6. The quantitative estimate of drug-likeness (QED) is 0.674. The zero-order valence-electron chi connectivity index (χ0n) is 20.7. The van der Waals surface area contributed by atoms with Gasteiger partial charge in [0.25, 0.3) is 0 Å². The van der Waals surface area contributed by atoms with Crippen molar-refractivity contribution in [2.45, 2.75) is 40.3 Å². The lowest BCUT2D eigenvalue weighted by Gasteiger charge is -2.36. The molecule has 2 aliphatic rings. The Kier molecular flexibility index (Phi) is 7.25. The van der Waals surface area contributed by atoms with Crippen LogP contribution in [-0.4, -0.2) is 74.1 Å². The van der Waals surface area contributed by atoms with Crippen LogP contribution in [0.25, 0.3) is 0 Å². The van der Waals surface area contributed by atoms with E-state index in [1.807, 2.05) is 17.0 Å². The minimum atomic E-state index is 0.217. The van der Waals surface area contributed by atoms with Crippen LogP contribution in [0.2, 0.25) is 0 Å². The molecular formula is C27H37N3O3. The van der Waals surface area contributed by atoms with Crippen LogP contribution in [0.4, 0.5) is 0 Å². The van der Waals surface area contributed by atoms with Crippen molar-refractivity contribution in [3.63, 3.8) is 0 Å². The van der Waals surface area contributed by atoms with Crippen molar-refractivity contribution in [3.8, 4) is 11.5 Å². The molecule has 2 aromatic carbocycles. The second kappa shape index (κ2) is 10.1. The summed E-state index contributed by atoms with van der Waals surface area (Å²) in [5, 5.41) is 0. The first-order valence-corrected chi connectivity index (χ1v) is 11.9. The highest BCUT2D eigenvalue weighted by molar-refractivity contribution is 5.78. The Morgan fingerprint density at radius 1 is 0.818 bits per heavy atom. The Morgan fingerprint density at radius 3 is 2.00 bits per heavy atom. The lowest BCUT2D eigenvalue weighted by atomic mass is 9.98. The van der Waals surface area contributed by atoms with Gasteiger partial charge in [-0.3, -0.25) is 14.6 Å². The first-order chi connectivity index (χ1) is 15.9. The van der Waals surface area contributed by atoms with E-state index >= 15 is 0 Å². The standard InChI is InChI=1S/C27H37N3O3/c1-19-12-20(2)24(21(3)13-19)17-28-8-10-29(11-9-28)18-27(31)30-7-6-22-14-25(32-4)26(33-5)15-23(22)16-30/h12-15H,6-11,16-18H2,1-5H3. The third-order valence-corrected chi connectivity index (χ3v) is 7.12. The lowest BCUT2D eigenvalue weighted by Crippen LogP contribution is -2.50. The smallest absolute Gasteiger partial charge is 0.237 e. The number of benzene rings is 2. The monoisotopic (exact) mass is 451 g/mol. The third-order valence-electron chi connectivity index (χ3n) is 7.12. The number of fused-ring (bicyclic) bond motifs is 1. The number of nitrogens with zero attached hydrogens (tertiary/aromatic N) is 3. The fourth-order valence-electron chi connectivity index (χ4n) is 5.18. The Morgan fingerprint density at radius 2 is 1.39 bits per heavy atom. The van der Waals surface area contributed by atoms with E-state index in [0.717, 1.165) is 62.8 Å². The molecule has 0 saturated carbocycles. The molecular weight excluding hydrogens is 414 g/mol. The van der Waals surface area contributed by atoms with Crippen LogP contribution >= 0.6 is 0 Å². The molecule has 0 aliphatic carbocycles. The number of methoxy groups -OCH3 is 2. The summed E-state index contributed by atoms with van der Waals surface area (Å²) in [5.74, 6) is 1.69. The van der Waals surface area contributed by atoms with E-state index in [2.05, 4.69) is 42.7 Å². The summed E-state index contributed by atoms with van der Waals surface area (Å²) in [7, 11) is 3.31. The first kappa shape index (κ1) is 23.6. The van der Waals surface area contributed by atoms with Gasteiger partial charge in [-0.05, 0) is 67.1 Å². The molecule has 178 valence electrons. The fourth-order valence-corrected chi connectivity index (χ4v) is 5.18. The van der Waals surface area contributed by atoms with E-state index in [1.165, 1.54) is 27.8 Å². The zero-order valence-corrected chi connectivity index (χ0v) is 20.7. The Bertz CT molecular complexity index is 989. The van der Waals surface area contributed by atoms with E-state index in [1.54, 1.807) is 14.2 Å². The largest absolute Gasteiger partial charge is 0.493 e. The Labute approximate surface area is 198 Å². The number of piperazine rings is 1. The normalized spacial score (nSPS) is 17.1. The minimum Gasteiger partial charge on any atom is -0.493 e. The van der Waals surface area contributed by atoms with Crippen molar-refractivity contribution in [2.24, 2.45) is 0 Å². The van der Waals surface area contributed by atoms with E-state index in [-0.39, 0.29) is 5.91 Å². The number of carbonyl (C=O) groups excluding carboxylic acids is 1. The van der Waals surface area contributed by atoms with Crippen LogP contribution in [0.15, 0.2) is 24.3 Å². The maximum Gasteiger partial charge on any atom is 0.237 e. The predicted octanol–water partition coefficient (Wildman–Crippen LogP) is 3.33. The highest BCUT2D eigenvalue weighted by Gasteiger charge is 2.26. The Hall–Kier alpha value is -2.57. The summed E-state index contributed by atoms with van der Waals surface area (Å²) in [5.41, 5.74) is 7.93. The van der Waals surface area contributed by atoms with E-state index in [0.29, 0.717) is 13.1 Å². The van der Waals surface area contributed by atoms with Gasteiger partial charge in [0, 0.05) is 45.8 Å². The van der Waals surface area contributed by atoms with E-state index in [4.69, 9.17) is 9.47 Å². The van der Waals surface area contributed by atoms with Gasteiger partial charge in [-0.25, -0.2) is 0 Å². The molecule has 0 aromatic heterocycles. The Balaban J connectivity index is 1.30. The molecule has 1 saturated heterocycles. The molecule has 6 nitrogen and oxygen atoms in total. The summed E-state index contributed by atoms with van der Waals surface area (Å²) in [4.78, 5) is 19.9. The van der Waals surface area contributed by atoms with Gasteiger partial charge in [0.15, 0.2) is 11.5 Å². The predicted molar refractivity (Wildman–Crippen MR) is 131 cm³/mol. The molecule has 0 atom stereocenters. The number of ether oxygens (including phenoxy) is 2. The van der Waals surface area contributed by atoms with Gasteiger partial charge in [0.1, 0.15) is 0 Å². The molecule has 0 N–H and O–H groups in total. The van der Waals surface area contributed by atoms with Crippen molar-refractivity contribution < 1.29 is 14.3 Å². The summed E-state index contributed by atoms with van der Waals surface area (Å²) in [6.07, 6.45) is 0.852. The van der Waals surface area contributed by atoms with Gasteiger partial charge in [0.05, 0.1) is 20.8 Å². The summed E-state index contributed by atoms with van der Waals surface area (Å²) < 4.78 is 10.9. The maximum atomic E-state index is 13.1. The van der Waals surface area contributed by atoms with Gasteiger partial charge in [0.2, 0.25) is 5.91 Å². The second-order valence-corrected chi connectivity index (χ2v) is 9.47. The fraction of sp³-hybridized carbons (Fsp3) is 0.519. The molecule has 1 fully saturated rings. The van der Waals surface area contributed by atoms with Gasteiger partial charge in [-0.15, -0.1) is 0 Å². The zero-order chi connectivity index (χ0) is 23.5. The van der Waals surface area contributed by atoms with Gasteiger partial charge < -0.3 is 14.4 Å². The van der Waals surface area contributed by atoms with Crippen molar-refractivity contribution >= 4 is 5.91 Å². The molecule has 6 heteroatoms. The highest BCUT2D eigenvalue weighted by Crippen LogP contribution is 2.33. The molecule has 0 radical (unpaired) electrons. The average Bonchev–Trinajstić information content (AvgIpc) is 2.81. The van der Waals surface area contributed by atoms with Crippen LogP contribution in [0.3, 0.4) is 0 Å². The topological polar surface area (TPSA) is 45.3 Å². The molecule has 1 amide bonds. The average molecular weight is 452 g/mol. The van der Waals surface area contributed by atoms with E-state index in [9.17, 15) is 4.79 Å². The number of carbonyl (C=O) groups is 1. The van der Waals surface area contributed by atoms with Crippen molar-refractivity contribution in [2.75, 3.05) is 53.5 Å². The molecule has 0 unspecified atom stereocenters. The number of hydrogen-bond acceptors (Lipinski definition) is 5. The van der Waals surface area contributed by atoms with Crippen LogP contribution in [0.1, 0.15) is 33.4 Å². The summed E-state index contributed by atoms with van der Waals surface area (Å²) in [6.45, 7) is 13.4. The third kappa shape index (κ3) is 5.33. The van der Waals surface area contributed by atoms with Crippen LogP contribution in [0, 0.1) is 20.8 Å². The molecule has 2 aliphatic heterocycles. The van der Waals surface area contributed by atoms with Crippen LogP contribution in [0.5, 0.6) is 11.5 Å². The molecule has 2 aromatic rings. The number of amides is 1. The van der Waals surface area contributed by atoms with Crippen molar-refractivity contribution in [1.29, 1.82) is 0 Å². The SMILES string of the molecule is COc1cc2c(cc1OC)CN(C(=O)CN1CCN(Cc3c(C)cc(C)cc3C)CC1)CC2. The van der Waals surface area contributed by atoms with E-state index < -0.39 is 0 Å². The molecule has 0 bridgehead atoms. The summed E-state index contributed by atoms with van der Waals surface area (Å²) in [6, 6.07) is 8.62. The molecule has 2 heterocycles. The summed E-state index contributed by atoms with van der Waals surface area (Å²) >= 11 is 0. The lowest BCUT2D eigenvalue weighted by molar-refractivity contribution is -0.133. The maximum absolute atomic E-state index is 13.1. The molecule has 0 spiro atoms. The van der Waals surface area contributed by atoms with Gasteiger partial charge in [-0.1, -0.05) is 17.7 Å². The van der Waals surface area contributed by atoms with Crippen molar-refractivity contribution in [3.05, 3.63) is 57.6 Å². The molecule has 4 rings (SSSR count). The van der Waals surface area contributed by atoms with Gasteiger partial charge >= 0.3 is 0 Å². The van der Waals surface area contributed by atoms with Gasteiger partial charge in [-0.2, -0.15) is 0 Å². The van der Waals surface area contributed by atoms with Crippen molar-refractivity contribution in [1.82, 2.24) is 14.7 Å². The number of hydrogen-bond donors (Lipinski definition) is 0. The highest BCUT2D eigenvalue weighted by atomic mass is 16.5. The van der Waals surface area contributed by atoms with Crippen LogP contribution < -0.4 is 9.47 Å². The second-order valence-electron chi connectivity index (χ2n) is 9.47. The van der Waals surface area contributed by atoms with Crippen LogP contribution in [-0.2, 0) is 24.3 Å². The number of aryl methyl sites for hydroxylation is 3. The minimum absolute atomic E-state index is 0.217. The first-order valence-electron chi connectivity index (χ1n) is 11.9. The molecule has 33 heavy (non-hydrogen) atoms.